The minimum absolute atomic E-state index is 0.242. The lowest BCUT2D eigenvalue weighted by Gasteiger charge is -2.08. The molecule has 0 saturated carbocycles. The van der Waals surface area contributed by atoms with Gasteiger partial charge in [0.25, 0.3) is 5.91 Å². The number of aromatic nitrogens is 1. The Hall–Kier alpha value is -1.65. The van der Waals surface area contributed by atoms with Crippen LogP contribution in [0.15, 0.2) is 30.3 Å². The average Bonchev–Trinajstić information content (AvgIpc) is 2.79. The monoisotopic (exact) mass is 312 g/mol. The van der Waals surface area contributed by atoms with Crippen molar-refractivity contribution in [2.24, 2.45) is 0 Å². The lowest BCUT2D eigenvalue weighted by Crippen LogP contribution is -2.26. The maximum Gasteiger partial charge on any atom is 0.267 e. The Morgan fingerprint density at radius 3 is 2.75 bits per heavy atom. The number of H-pyrrole nitrogens is 1. The van der Waals surface area contributed by atoms with E-state index in [2.05, 4.69) is 10.3 Å². The first-order valence-electron chi connectivity index (χ1n) is 6.06. The first-order valence-corrected chi connectivity index (χ1v) is 6.81. The van der Waals surface area contributed by atoms with Crippen LogP contribution in [0.4, 0.5) is 0 Å². The number of carbonyl (C=O) groups is 1. The molecule has 0 spiro atoms. The molecule has 20 heavy (non-hydrogen) atoms. The van der Waals surface area contributed by atoms with Crippen molar-refractivity contribution in [3.8, 4) is 5.75 Å². The zero-order valence-corrected chi connectivity index (χ0v) is 12.4. The van der Waals surface area contributed by atoms with Crippen molar-refractivity contribution in [1.82, 2.24) is 10.3 Å². The van der Waals surface area contributed by atoms with Gasteiger partial charge in [-0.05, 0) is 24.1 Å². The second-order valence-corrected chi connectivity index (χ2v) is 4.95. The van der Waals surface area contributed by atoms with Crippen LogP contribution in [0.5, 0.6) is 5.75 Å². The molecular weight excluding hydrogens is 299 g/mol. The largest absolute Gasteiger partial charge is 0.496 e. The minimum atomic E-state index is -0.242. The smallest absolute Gasteiger partial charge is 0.267 e. The maximum atomic E-state index is 11.9. The van der Waals surface area contributed by atoms with Crippen LogP contribution in [-0.4, -0.2) is 24.5 Å². The van der Waals surface area contributed by atoms with Crippen molar-refractivity contribution >= 4 is 29.1 Å². The van der Waals surface area contributed by atoms with Crippen molar-refractivity contribution in [3.63, 3.8) is 0 Å². The molecule has 2 aromatic rings. The van der Waals surface area contributed by atoms with E-state index in [1.165, 1.54) is 6.07 Å². The molecule has 2 rings (SSSR count). The number of para-hydroxylation sites is 1. The highest BCUT2D eigenvalue weighted by atomic mass is 35.5. The zero-order chi connectivity index (χ0) is 14.5. The highest BCUT2D eigenvalue weighted by Crippen LogP contribution is 2.21. The summed E-state index contributed by atoms with van der Waals surface area (Å²) < 4.78 is 5.25. The summed E-state index contributed by atoms with van der Waals surface area (Å²) >= 11 is 11.5. The van der Waals surface area contributed by atoms with E-state index in [-0.39, 0.29) is 11.1 Å². The van der Waals surface area contributed by atoms with Gasteiger partial charge in [0.2, 0.25) is 0 Å². The first kappa shape index (κ1) is 14.8. The number of amides is 1. The standard InChI is InChI=1S/C14H14Cl2N2O2/c1-20-12-5-3-2-4-9(12)6-7-17-14(19)11-8-10(15)13(16)18-11/h2-5,8,18H,6-7H2,1H3,(H,17,19). The lowest BCUT2D eigenvalue weighted by molar-refractivity contribution is 0.0949. The Labute approximate surface area is 127 Å². The SMILES string of the molecule is COc1ccccc1CCNC(=O)c1cc(Cl)c(Cl)[nH]1. The van der Waals surface area contributed by atoms with Gasteiger partial charge in [-0.3, -0.25) is 4.79 Å². The third-order valence-electron chi connectivity index (χ3n) is 2.84. The van der Waals surface area contributed by atoms with Gasteiger partial charge in [-0.2, -0.15) is 0 Å². The van der Waals surface area contributed by atoms with Crippen LogP contribution in [0, 0.1) is 0 Å². The van der Waals surface area contributed by atoms with Crippen molar-refractivity contribution in [2.75, 3.05) is 13.7 Å². The summed E-state index contributed by atoms with van der Waals surface area (Å²) in [6, 6.07) is 9.20. The van der Waals surface area contributed by atoms with Crippen molar-refractivity contribution in [3.05, 3.63) is 51.8 Å². The number of halogens is 2. The number of ether oxygens (including phenoxy) is 1. The van der Waals surface area contributed by atoms with E-state index in [0.29, 0.717) is 23.7 Å². The Morgan fingerprint density at radius 2 is 2.10 bits per heavy atom. The summed E-state index contributed by atoms with van der Waals surface area (Å²) in [4.78, 5) is 14.6. The fraction of sp³-hybridized carbons (Fsp3) is 0.214. The first-order chi connectivity index (χ1) is 9.61. The van der Waals surface area contributed by atoms with Crippen LogP contribution >= 0.6 is 23.2 Å². The molecule has 1 heterocycles. The maximum absolute atomic E-state index is 11.9. The number of hydrogen-bond acceptors (Lipinski definition) is 2. The summed E-state index contributed by atoms with van der Waals surface area (Å²) in [6.07, 6.45) is 0.678. The number of aromatic amines is 1. The van der Waals surface area contributed by atoms with Crippen LogP contribution in [-0.2, 0) is 6.42 Å². The molecule has 0 aliphatic rings. The van der Waals surface area contributed by atoms with Gasteiger partial charge in [-0.1, -0.05) is 41.4 Å². The Balaban J connectivity index is 1.91. The van der Waals surface area contributed by atoms with Gasteiger partial charge in [-0.25, -0.2) is 0 Å². The predicted molar refractivity (Wildman–Crippen MR) is 79.8 cm³/mol. The summed E-state index contributed by atoms with van der Waals surface area (Å²) in [7, 11) is 1.63. The molecule has 6 heteroatoms. The van der Waals surface area contributed by atoms with E-state index in [1.54, 1.807) is 7.11 Å². The van der Waals surface area contributed by atoms with Crippen LogP contribution in [0.25, 0.3) is 0 Å². The van der Waals surface area contributed by atoms with Gasteiger partial charge in [0.15, 0.2) is 0 Å². The molecule has 1 aromatic carbocycles. The van der Waals surface area contributed by atoms with Gasteiger partial charge in [0.05, 0.1) is 12.1 Å². The van der Waals surface area contributed by atoms with E-state index < -0.39 is 0 Å². The van der Waals surface area contributed by atoms with E-state index in [4.69, 9.17) is 27.9 Å². The summed E-state index contributed by atoms with van der Waals surface area (Å²) in [5.74, 6) is 0.571. The van der Waals surface area contributed by atoms with Gasteiger partial charge in [0, 0.05) is 6.54 Å². The number of carbonyl (C=O) groups excluding carboxylic acids is 1. The molecule has 0 aliphatic heterocycles. The molecule has 1 aromatic heterocycles. The average molecular weight is 313 g/mol. The van der Waals surface area contributed by atoms with E-state index in [1.807, 2.05) is 24.3 Å². The highest BCUT2D eigenvalue weighted by Gasteiger charge is 2.11. The normalized spacial score (nSPS) is 10.3. The Kier molecular flexibility index (Phi) is 4.93. The quantitative estimate of drug-likeness (QED) is 0.890. The van der Waals surface area contributed by atoms with Gasteiger partial charge in [0.1, 0.15) is 16.6 Å². The molecule has 2 N–H and O–H groups in total. The number of benzene rings is 1. The van der Waals surface area contributed by atoms with Crippen molar-refractivity contribution < 1.29 is 9.53 Å². The summed E-state index contributed by atoms with van der Waals surface area (Å²) in [6.45, 7) is 0.494. The van der Waals surface area contributed by atoms with Gasteiger partial charge >= 0.3 is 0 Å². The Morgan fingerprint density at radius 1 is 1.35 bits per heavy atom. The van der Waals surface area contributed by atoms with Crippen molar-refractivity contribution in [1.29, 1.82) is 0 Å². The molecule has 0 saturated heterocycles. The Bertz CT molecular complexity index is 591. The van der Waals surface area contributed by atoms with Crippen LogP contribution in [0.1, 0.15) is 16.1 Å². The number of nitrogens with one attached hydrogen (secondary N) is 2. The fourth-order valence-electron chi connectivity index (χ4n) is 1.84. The van der Waals surface area contributed by atoms with Crippen LogP contribution in [0.3, 0.4) is 0 Å². The molecule has 0 aliphatic carbocycles. The molecule has 0 radical (unpaired) electrons. The molecule has 106 valence electrons. The molecule has 0 bridgehead atoms. The fourth-order valence-corrected chi connectivity index (χ4v) is 2.15. The van der Waals surface area contributed by atoms with E-state index in [0.717, 1.165) is 11.3 Å². The predicted octanol–water partition coefficient (Wildman–Crippen LogP) is 3.30. The van der Waals surface area contributed by atoms with Crippen LogP contribution < -0.4 is 10.1 Å². The third-order valence-corrected chi connectivity index (χ3v) is 3.54. The number of methoxy groups -OCH3 is 1. The topological polar surface area (TPSA) is 54.1 Å². The summed E-state index contributed by atoms with van der Waals surface area (Å²) in [5.41, 5.74) is 1.39. The molecular formula is C14H14Cl2N2O2. The highest BCUT2D eigenvalue weighted by molar-refractivity contribution is 6.41. The molecule has 0 unspecified atom stereocenters. The minimum Gasteiger partial charge on any atom is -0.496 e. The van der Waals surface area contributed by atoms with Gasteiger partial charge in [-0.15, -0.1) is 0 Å². The molecule has 1 amide bonds. The molecule has 0 atom stereocenters. The van der Waals surface area contributed by atoms with Gasteiger partial charge < -0.3 is 15.0 Å². The van der Waals surface area contributed by atoms with E-state index in [9.17, 15) is 4.79 Å². The third kappa shape index (κ3) is 3.46. The summed E-state index contributed by atoms with van der Waals surface area (Å²) in [5, 5.41) is 3.40. The lowest BCUT2D eigenvalue weighted by atomic mass is 10.1. The number of rotatable bonds is 5. The number of hydrogen-bond donors (Lipinski definition) is 2. The van der Waals surface area contributed by atoms with Crippen LogP contribution in [0.2, 0.25) is 10.2 Å². The van der Waals surface area contributed by atoms with E-state index >= 15 is 0 Å². The zero-order valence-electron chi connectivity index (χ0n) is 10.9. The molecule has 0 fully saturated rings. The second-order valence-electron chi connectivity index (χ2n) is 4.16. The second kappa shape index (κ2) is 6.68. The van der Waals surface area contributed by atoms with Crippen molar-refractivity contribution in [2.45, 2.75) is 6.42 Å². The molecule has 4 nitrogen and oxygen atoms in total.